The minimum Gasteiger partial charge on any atom is -0.480 e. The molecule has 0 radical (unpaired) electrons. The molecule has 3 aromatic carbocycles. The largest absolute Gasteiger partial charge is 0.480 e. The van der Waals surface area contributed by atoms with Gasteiger partial charge in [0, 0.05) is 56.3 Å². The van der Waals surface area contributed by atoms with Crippen LogP contribution in [0.5, 0.6) is 0 Å². The number of anilines is 1. The standard InChI is InChI=1S/C50H64N10O6S/c1-59-42-22-10-11-23-43(42)67-45(59)34-37-25-30-60(31-26-37)29-14-4-9-24-44(61)55-40(32-35-16-5-2-6-17-35)47(63)56-38(21-15-28-54-50(52)53)46(62)58-41(33-36-18-7-3-8-19-36)48(64)57-39(49(65)66)20-12-13-27-51/h2-3,5-8,10-11,16-19,22-23,25-26,30-31,34,38-41H,4,9,12-15,20-21,24,27-29,32-33,51H2,1H3,(H8-,52,53,54,55,56,57,58,61,62,63,64,65,66)/p+1/t38-,39+,40+,41+/m1/s1. The molecule has 0 saturated carbocycles. The van der Waals surface area contributed by atoms with E-state index < -0.39 is 47.9 Å². The molecule has 0 fully saturated rings. The van der Waals surface area contributed by atoms with Crippen LogP contribution in [0.15, 0.2) is 124 Å². The highest BCUT2D eigenvalue weighted by Gasteiger charge is 2.32. The number of aliphatic imine (C=N–C) groups is 1. The smallest absolute Gasteiger partial charge is 0.326 e. The number of pyridine rings is 1. The van der Waals surface area contributed by atoms with E-state index in [9.17, 15) is 29.1 Å². The number of hydrogen-bond donors (Lipinski definition) is 8. The van der Waals surface area contributed by atoms with Gasteiger partial charge < -0.3 is 48.5 Å². The third kappa shape index (κ3) is 17.2. The first-order valence-electron chi connectivity index (χ1n) is 22.9. The average molecular weight is 934 g/mol. The van der Waals surface area contributed by atoms with Crippen LogP contribution in [0, 0.1) is 0 Å². The van der Waals surface area contributed by atoms with Gasteiger partial charge in [0.15, 0.2) is 18.4 Å². The zero-order valence-corrected chi connectivity index (χ0v) is 39.0. The van der Waals surface area contributed by atoms with Crippen molar-refractivity contribution >= 4 is 59.1 Å². The number of nitrogens with two attached hydrogens (primary N) is 3. The number of fused-ring (bicyclic) bond motifs is 1. The van der Waals surface area contributed by atoms with Crippen molar-refractivity contribution in [2.24, 2.45) is 22.2 Å². The Morgan fingerprint density at radius 3 is 1.87 bits per heavy atom. The third-order valence-corrected chi connectivity index (χ3v) is 12.5. The first-order valence-corrected chi connectivity index (χ1v) is 23.7. The summed E-state index contributed by atoms with van der Waals surface area (Å²) in [5.41, 5.74) is 20.5. The van der Waals surface area contributed by atoms with Gasteiger partial charge in [0.05, 0.1) is 10.7 Å². The molecule has 1 aliphatic heterocycles. The summed E-state index contributed by atoms with van der Waals surface area (Å²) in [4.78, 5) is 75.1. The molecule has 0 aliphatic carbocycles. The molecule has 0 bridgehead atoms. The van der Waals surface area contributed by atoms with Gasteiger partial charge in [-0.25, -0.2) is 9.36 Å². The Bertz CT molecular complexity index is 2290. The zero-order valence-electron chi connectivity index (χ0n) is 38.1. The number of carboxylic acids is 1. The number of aliphatic carboxylic acids is 1. The van der Waals surface area contributed by atoms with E-state index in [0.717, 1.165) is 36.1 Å². The number of carboxylic acid groups (broad SMARTS) is 1. The van der Waals surface area contributed by atoms with Gasteiger partial charge in [0.25, 0.3) is 0 Å². The van der Waals surface area contributed by atoms with Gasteiger partial charge in [-0.3, -0.25) is 24.2 Å². The van der Waals surface area contributed by atoms with E-state index in [2.05, 4.69) is 91.6 Å². The van der Waals surface area contributed by atoms with Crippen LogP contribution in [-0.2, 0) is 43.4 Å². The third-order valence-electron chi connectivity index (χ3n) is 11.3. The van der Waals surface area contributed by atoms with E-state index in [-0.39, 0.29) is 56.9 Å². The maximum absolute atomic E-state index is 14.2. The molecular formula is C50H65N10O6S+. The molecule has 0 unspecified atom stereocenters. The minimum absolute atomic E-state index is 0.0472. The molecule has 1 aromatic heterocycles. The van der Waals surface area contributed by atoms with Crippen molar-refractivity contribution in [3.8, 4) is 0 Å². The second-order valence-corrected chi connectivity index (χ2v) is 17.6. The number of carbonyl (C=O) groups excluding carboxylic acids is 4. The molecule has 16 nitrogen and oxygen atoms in total. The quantitative estimate of drug-likeness (QED) is 0.0185. The summed E-state index contributed by atoms with van der Waals surface area (Å²) in [5.74, 6) is -3.60. The maximum atomic E-state index is 14.2. The molecule has 0 spiro atoms. The van der Waals surface area contributed by atoms with Crippen molar-refractivity contribution < 1.29 is 33.6 Å². The van der Waals surface area contributed by atoms with E-state index in [1.807, 2.05) is 42.5 Å². The van der Waals surface area contributed by atoms with E-state index in [1.54, 1.807) is 36.0 Å². The number of benzene rings is 3. The van der Waals surface area contributed by atoms with Crippen LogP contribution in [0.25, 0.3) is 6.08 Å². The topological polar surface area (TPSA) is 251 Å². The average Bonchev–Trinajstić information content (AvgIpc) is 3.63. The summed E-state index contributed by atoms with van der Waals surface area (Å²) < 4.78 is 2.13. The fraction of sp³-hybridized carbons (Fsp3) is 0.380. The molecule has 17 heteroatoms. The Kier molecular flexibility index (Phi) is 20.7. The van der Waals surface area contributed by atoms with E-state index >= 15 is 0 Å². The summed E-state index contributed by atoms with van der Waals surface area (Å²) in [6, 6.07) is 26.2. The lowest BCUT2D eigenvalue weighted by Crippen LogP contribution is -2.58. The predicted molar refractivity (Wildman–Crippen MR) is 262 cm³/mol. The second-order valence-electron chi connectivity index (χ2n) is 16.5. The fourth-order valence-electron chi connectivity index (χ4n) is 7.58. The van der Waals surface area contributed by atoms with Gasteiger partial charge in [-0.2, -0.15) is 0 Å². The number of nitrogens with zero attached hydrogens (tertiary/aromatic N) is 3. The number of hydrogen-bond acceptors (Lipinski definition) is 9. The number of carbonyl (C=O) groups is 5. The Labute approximate surface area is 397 Å². The van der Waals surface area contributed by atoms with Crippen molar-refractivity contribution in [2.75, 3.05) is 25.0 Å². The number of unbranched alkanes of at least 4 members (excludes halogenated alkanes) is 3. The molecule has 4 aromatic rings. The van der Waals surface area contributed by atoms with Crippen molar-refractivity contribution in [1.82, 2.24) is 21.3 Å². The van der Waals surface area contributed by atoms with Crippen LogP contribution in [0.1, 0.15) is 74.5 Å². The van der Waals surface area contributed by atoms with Crippen LogP contribution in [0.4, 0.5) is 5.69 Å². The van der Waals surface area contributed by atoms with E-state index in [0.29, 0.717) is 25.8 Å². The number of guanidine groups is 1. The Hall–Kier alpha value is -6.72. The summed E-state index contributed by atoms with van der Waals surface area (Å²) in [5, 5.41) is 22.1. The molecule has 67 heavy (non-hydrogen) atoms. The second kappa shape index (κ2) is 27.0. The van der Waals surface area contributed by atoms with Crippen LogP contribution in [0.3, 0.4) is 0 Å². The molecule has 11 N–H and O–H groups in total. The van der Waals surface area contributed by atoms with Gasteiger partial charge in [0.2, 0.25) is 23.6 Å². The van der Waals surface area contributed by atoms with Crippen molar-refractivity contribution in [1.29, 1.82) is 0 Å². The lowest BCUT2D eigenvalue weighted by atomic mass is 10.0. The normalized spacial score (nSPS) is 14.2. The molecule has 356 valence electrons. The monoisotopic (exact) mass is 933 g/mol. The summed E-state index contributed by atoms with van der Waals surface area (Å²) in [7, 11) is 2.08. The van der Waals surface area contributed by atoms with Gasteiger partial charge in [-0.05, 0) is 86.4 Å². The van der Waals surface area contributed by atoms with Gasteiger partial charge in [0.1, 0.15) is 30.7 Å². The fourth-order valence-corrected chi connectivity index (χ4v) is 8.70. The van der Waals surface area contributed by atoms with Crippen molar-refractivity contribution in [3.05, 3.63) is 131 Å². The molecule has 5 rings (SSSR count). The van der Waals surface area contributed by atoms with Gasteiger partial charge in [-0.15, -0.1) is 0 Å². The molecule has 4 amide bonds. The number of rotatable bonds is 27. The molecule has 1 aliphatic rings. The first-order chi connectivity index (χ1) is 32.4. The van der Waals surface area contributed by atoms with Crippen LogP contribution in [-0.4, -0.2) is 85.0 Å². The number of thioether (sulfide) groups is 1. The summed E-state index contributed by atoms with van der Waals surface area (Å²) in [6.07, 6.45) is 10.6. The van der Waals surface area contributed by atoms with Crippen LogP contribution in [0.2, 0.25) is 0 Å². The van der Waals surface area contributed by atoms with E-state index in [1.165, 1.54) is 15.6 Å². The zero-order chi connectivity index (χ0) is 48.0. The lowest BCUT2D eigenvalue weighted by Gasteiger charge is -2.26. The molecule has 0 saturated heterocycles. The van der Waals surface area contributed by atoms with Gasteiger partial charge in [-0.1, -0.05) is 84.6 Å². The van der Waals surface area contributed by atoms with Crippen molar-refractivity contribution in [2.45, 2.75) is 106 Å². The predicted octanol–water partition coefficient (Wildman–Crippen LogP) is 3.77. The molecule has 2 heterocycles. The number of aryl methyl sites for hydroxylation is 1. The van der Waals surface area contributed by atoms with Crippen molar-refractivity contribution in [3.63, 3.8) is 0 Å². The van der Waals surface area contributed by atoms with Crippen LogP contribution < -0.4 is 47.9 Å². The minimum atomic E-state index is -1.21. The number of para-hydroxylation sites is 1. The lowest BCUT2D eigenvalue weighted by molar-refractivity contribution is -0.697. The van der Waals surface area contributed by atoms with E-state index in [4.69, 9.17) is 17.2 Å². The Morgan fingerprint density at radius 1 is 0.687 bits per heavy atom. The highest BCUT2D eigenvalue weighted by Crippen LogP contribution is 2.45. The Morgan fingerprint density at radius 2 is 1.25 bits per heavy atom. The molecule has 4 atom stereocenters. The van der Waals surface area contributed by atoms with Crippen LogP contribution >= 0.6 is 11.8 Å². The summed E-state index contributed by atoms with van der Waals surface area (Å²) in [6.45, 7) is 1.33. The number of nitrogens with one attached hydrogen (secondary N) is 4. The summed E-state index contributed by atoms with van der Waals surface area (Å²) >= 11 is 1.75. The highest BCUT2D eigenvalue weighted by atomic mass is 32.2. The Balaban J connectivity index is 1.21. The maximum Gasteiger partial charge on any atom is 0.326 e. The highest BCUT2D eigenvalue weighted by molar-refractivity contribution is 8.03. The van der Waals surface area contributed by atoms with Gasteiger partial charge >= 0.3 is 5.97 Å². The number of aromatic nitrogens is 1. The SMILES string of the molecule is CN1/C(=C/c2cc[n+](CCCCCC(=O)N[C@@H](Cc3ccccc3)C(=O)N[C@H](CCCN=C(N)N)C(=O)N[C@@H](Cc3ccccc3)C(=O)N[C@@H](CCCCN)C(=O)O)cc2)Sc2ccccc21. The first kappa shape index (κ1) is 51.3. The molecular weight excluding hydrogens is 869 g/mol. The number of amides is 4.